The Bertz CT molecular complexity index is 802. The molecule has 0 amide bonds. The maximum atomic E-state index is 9.91. The summed E-state index contributed by atoms with van der Waals surface area (Å²) in [5.74, 6) is 0.306. The van der Waals surface area contributed by atoms with Crippen molar-refractivity contribution in [2.75, 3.05) is 7.05 Å². The highest BCUT2D eigenvalue weighted by Crippen LogP contribution is 2.43. The third kappa shape index (κ3) is 2.61. The zero-order chi connectivity index (χ0) is 16.4. The molecule has 0 fully saturated rings. The molecule has 2 aromatic rings. The van der Waals surface area contributed by atoms with E-state index < -0.39 is 0 Å². The zero-order valence-corrected chi connectivity index (χ0v) is 13.7. The number of aromatic hydroxyl groups is 1. The fourth-order valence-electron chi connectivity index (χ4n) is 3.43. The second-order valence-electron chi connectivity index (χ2n) is 6.21. The molecule has 1 N–H and O–H groups in total. The third-order valence-corrected chi connectivity index (χ3v) is 4.65. The summed E-state index contributed by atoms with van der Waals surface area (Å²) in [5.41, 5.74) is 4.48. The molecule has 116 valence electrons. The Morgan fingerprint density at radius 3 is 2.57 bits per heavy atom. The lowest BCUT2D eigenvalue weighted by molar-refractivity contribution is -0.401. The quantitative estimate of drug-likeness (QED) is 0.644. The normalized spacial score (nSPS) is 20.1. The molecule has 2 aromatic carbocycles. The summed E-state index contributed by atoms with van der Waals surface area (Å²) in [4.78, 5) is 0. The summed E-state index contributed by atoms with van der Waals surface area (Å²) >= 11 is 0. The number of benzene rings is 2. The van der Waals surface area contributed by atoms with Crippen molar-refractivity contribution in [2.24, 2.45) is 0 Å². The van der Waals surface area contributed by atoms with Gasteiger partial charge in [0.15, 0.2) is 5.71 Å². The van der Waals surface area contributed by atoms with Crippen LogP contribution in [0.3, 0.4) is 0 Å². The van der Waals surface area contributed by atoms with Crippen molar-refractivity contribution in [3.05, 3.63) is 78.4 Å². The molecule has 0 spiro atoms. The summed E-state index contributed by atoms with van der Waals surface area (Å²) in [6.07, 6.45) is 7.08. The second-order valence-corrected chi connectivity index (χ2v) is 6.21. The summed E-state index contributed by atoms with van der Waals surface area (Å²) in [6, 6.07) is 15.9. The number of allylic oxidation sites excluding steroid dienone is 2. The fourth-order valence-corrected chi connectivity index (χ4v) is 3.43. The van der Waals surface area contributed by atoms with Gasteiger partial charge in [-0.1, -0.05) is 36.4 Å². The Kier molecular flexibility index (Phi) is 3.91. The van der Waals surface area contributed by atoms with Gasteiger partial charge in [-0.05, 0) is 37.1 Å². The number of hydrogen-bond acceptors (Lipinski definition) is 1. The van der Waals surface area contributed by atoms with Crippen molar-refractivity contribution >= 4 is 17.5 Å². The predicted octanol–water partition coefficient (Wildman–Crippen LogP) is 4.67. The van der Waals surface area contributed by atoms with Gasteiger partial charge in [0.1, 0.15) is 12.8 Å². The van der Waals surface area contributed by atoms with E-state index in [2.05, 4.69) is 49.4 Å². The van der Waals surface area contributed by atoms with Crippen LogP contribution in [0, 0.1) is 0 Å². The van der Waals surface area contributed by atoms with E-state index in [0.717, 1.165) is 17.7 Å². The molecule has 0 bridgehead atoms. The summed E-state index contributed by atoms with van der Waals surface area (Å²) in [7, 11) is 2.08. The Morgan fingerprint density at radius 1 is 1.13 bits per heavy atom. The van der Waals surface area contributed by atoms with Crippen LogP contribution in [0.2, 0.25) is 0 Å². The standard InChI is InChI=1S/C21H21NO/c1-4-14-21(2)18-15-17(23)11-12-19(18)22(3)20(21)13-10-16-8-6-5-7-9-16/h4-13,15H,1,14H2,2-3H3/p+1. The molecule has 0 aromatic heterocycles. The smallest absolute Gasteiger partial charge is 0.209 e. The van der Waals surface area contributed by atoms with Crippen LogP contribution >= 0.6 is 0 Å². The number of phenolic OH excluding ortho intramolecular Hbond substituents is 1. The molecule has 0 saturated heterocycles. The number of hydrogen-bond donors (Lipinski definition) is 1. The topological polar surface area (TPSA) is 23.2 Å². The van der Waals surface area contributed by atoms with Gasteiger partial charge in [-0.3, -0.25) is 0 Å². The average Bonchev–Trinajstić information content (AvgIpc) is 2.75. The molecular weight excluding hydrogens is 282 g/mol. The van der Waals surface area contributed by atoms with Crippen LogP contribution in [0.4, 0.5) is 5.69 Å². The van der Waals surface area contributed by atoms with E-state index in [1.165, 1.54) is 11.3 Å². The predicted molar refractivity (Wildman–Crippen MR) is 96.6 cm³/mol. The largest absolute Gasteiger partial charge is 0.508 e. The van der Waals surface area contributed by atoms with E-state index >= 15 is 0 Å². The first-order chi connectivity index (χ1) is 11.1. The average molecular weight is 304 g/mol. The zero-order valence-electron chi connectivity index (χ0n) is 13.7. The first kappa shape index (κ1) is 15.3. The highest BCUT2D eigenvalue weighted by Gasteiger charge is 2.45. The van der Waals surface area contributed by atoms with E-state index in [1.54, 1.807) is 6.07 Å². The highest BCUT2D eigenvalue weighted by atomic mass is 16.3. The molecule has 1 unspecified atom stereocenters. The van der Waals surface area contributed by atoms with Gasteiger partial charge in [0.2, 0.25) is 5.69 Å². The van der Waals surface area contributed by atoms with Gasteiger partial charge in [-0.25, -0.2) is 0 Å². The molecule has 0 radical (unpaired) electrons. The third-order valence-electron chi connectivity index (χ3n) is 4.65. The van der Waals surface area contributed by atoms with Gasteiger partial charge in [-0.2, -0.15) is 4.58 Å². The minimum Gasteiger partial charge on any atom is -0.508 e. The number of phenols is 1. The Balaban J connectivity index is 2.09. The lowest BCUT2D eigenvalue weighted by atomic mass is 9.76. The monoisotopic (exact) mass is 304 g/mol. The van der Waals surface area contributed by atoms with Crippen LogP contribution in [0.1, 0.15) is 24.5 Å². The molecule has 2 heteroatoms. The fraction of sp³-hybridized carbons (Fsp3) is 0.190. The van der Waals surface area contributed by atoms with E-state index in [9.17, 15) is 5.11 Å². The molecule has 1 heterocycles. The Hall–Kier alpha value is -2.61. The number of fused-ring (bicyclic) bond motifs is 1. The summed E-state index contributed by atoms with van der Waals surface area (Å²) < 4.78 is 2.21. The maximum Gasteiger partial charge on any atom is 0.209 e. The van der Waals surface area contributed by atoms with Crippen LogP contribution in [-0.4, -0.2) is 22.4 Å². The number of nitrogens with zero attached hydrogens (tertiary/aromatic N) is 1. The second kappa shape index (κ2) is 5.88. The molecule has 2 nitrogen and oxygen atoms in total. The van der Waals surface area contributed by atoms with E-state index in [4.69, 9.17) is 0 Å². The summed E-state index contributed by atoms with van der Waals surface area (Å²) in [5, 5.41) is 9.91. The van der Waals surface area contributed by atoms with E-state index in [-0.39, 0.29) is 5.41 Å². The summed E-state index contributed by atoms with van der Waals surface area (Å²) in [6.45, 7) is 6.13. The van der Waals surface area contributed by atoms with Crippen molar-refractivity contribution in [1.29, 1.82) is 0 Å². The van der Waals surface area contributed by atoms with Gasteiger partial charge in [0.05, 0.1) is 5.41 Å². The van der Waals surface area contributed by atoms with Crippen LogP contribution in [0.25, 0.3) is 6.08 Å². The molecular formula is C21H22NO+. The van der Waals surface area contributed by atoms with Gasteiger partial charge in [0, 0.05) is 17.7 Å². The van der Waals surface area contributed by atoms with Crippen molar-refractivity contribution in [3.63, 3.8) is 0 Å². The molecule has 0 saturated carbocycles. The lowest BCUT2D eigenvalue weighted by Gasteiger charge is -2.20. The maximum absolute atomic E-state index is 9.91. The van der Waals surface area contributed by atoms with Crippen molar-refractivity contribution < 1.29 is 9.68 Å². The molecule has 1 aliphatic heterocycles. The molecule has 1 aliphatic rings. The Labute approximate surface area is 137 Å². The molecule has 1 atom stereocenters. The van der Waals surface area contributed by atoms with Crippen LogP contribution in [0.15, 0.2) is 67.3 Å². The minimum atomic E-state index is -0.185. The molecule has 23 heavy (non-hydrogen) atoms. The minimum absolute atomic E-state index is 0.185. The SMILES string of the molecule is C=CCC1(C)C(C=Cc2ccccc2)=[N+](C)c2ccc(O)cc21. The van der Waals surface area contributed by atoms with Crippen LogP contribution in [-0.2, 0) is 5.41 Å². The van der Waals surface area contributed by atoms with Crippen LogP contribution < -0.4 is 0 Å². The first-order valence-electron chi connectivity index (χ1n) is 7.85. The molecule has 3 rings (SSSR count). The van der Waals surface area contributed by atoms with Crippen molar-refractivity contribution in [2.45, 2.75) is 18.8 Å². The molecule has 0 aliphatic carbocycles. The van der Waals surface area contributed by atoms with Gasteiger partial charge in [0.25, 0.3) is 0 Å². The highest BCUT2D eigenvalue weighted by molar-refractivity contribution is 6.05. The first-order valence-corrected chi connectivity index (χ1v) is 7.85. The van der Waals surface area contributed by atoms with E-state index in [0.29, 0.717) is 5.75 Å². The number of rotatable bonds is 4. The lowest BCUT2D eigenvalue weighted by Crippen LogP contribution is -2.29. The Morgan fingerprint density at radius 2 is 1.87 bits per heavy atom. The van der Waals surface area contributed by atoms with Gasteiger partial charge in [-0.15, -0.1) is 6.58 Å². The van der Waals surface area contributed by atoms with E-state index in [1.807, 2.05) is 36.4 Å². The van der Waals surface area contributed by atoms with Crippen molar-refractivity contribution in [3.8, 4) is 5.75 Å². The van der Waals surface area contributed by atoms with Crippen LogP contribution in [0.5, 0.6) is 5.75 Å². The van der Waals surface area contributed by atoms with Gasteiger partial charge < -0.3 is 5.11 Å². The van der Waals surface area contributed by atoms with Gasteiger partial charge >= 0.3 is 0 Å². The van der Waals surface area contributed by atoms with Crippen molar-refractivity contribution in [1.82, 2.24) is 0 Å².